The number of nitrogens with one attached hydrogen (secondary N) is 1. The van der Waals surface area contributed by atoms with E-state index in [1.54, 1.807) is 21.1 Å². The highest BCUT2D eigenvalue weighted by Gasteiger charge is 2.38. The molecule has 0 aliphatic heterocycles. The molecule has 0 bridgehead atoms. The van der Waals surface area contributed by atoms with Crippen molar-refractivity contribution in [3.63, 3.8) is 0 Å². The predicted molar refractivity (Wildman–Crippen MR) is 175 cm³/mol. The fourth-order valence-corrected chi connectivity index (χ4v) is 5.03. The number of methoxy groups -OCH3 is 2. The van der Waals surface area contributed by atoms with Crippen LogP contribution in [0.2, 0.25) is 0 Å². The zero-order chi connectivity index (χ0) is 33.6. The number of esters is 1. The fraction of sp³-hybridized carbons (Fsp3) is 0.333. The summed E-state index contributed by atoms with van der Waals surface area (Å²) in [5.41, 5.74) is 0.254. The third-order valence-corrected chi connectivity index (χ3v) is 7.67. The Bertz CT molecular complexity index is 1650. The highest BCUT2D eigenvalue weighted by Crippen LogP contribution is 2.42. The highest BCUT2D eigenvalue weighted by atomic mass is 16.5. The van der Waals surface area contributed by atoms with Gasteiger partial charge in [0.1, 0.15) is 29.6 Å². The van der Waals surface area contributed by atoms with Crippen molar-refractivity contribution in [2.24, 2.45) is 5.92 Å². The molecule has 0 unspecified atom stereocenters. The first-order valence-corrected chi connectivity index (χ1v) is 15.3. The molecule has 1 N–H and O–H groups in total. The van der Waals surface area contributed by atoms with Crippen molar-refractivity contribution in [3.8, 4) is 11.5 Å². The van der Waals surface area contributed by atoms with Gasteiger partial charge < -0.3 is 23.7 Å². The van der Waals surface area contributed by atoms with E-state index in [0.717, 1.165) is 16.7 Å². The Morgan fingerprint density at radius 1 is 0.766 bits per heavy atom. The smallest absolute Gasteiger partial charge is 0.330 e. The number of H-pyrrole nitrogens is 1. The standard InChI is InChI=1S/C36H40N2O9/c1-4-30(39)14-19-34(41)46-23-26(22-45-25-38-21-20-33(40)37-35(38)42)24-47-36(27-8-6-5-7-9-27,28-10-15-31(43-2)16-11-28)29-12-17-32(44-3)18-13-29/h5-13,15-18,20-21,26H,4,14,19,22-25H2,1-3H3,(H,37,40,42)/t26-/m0/s1. The first-order chi connectivity index (χ1) is 22.8. The molecule has 0 saturated carbocycles. The number of Topliss-reactive ketones (excluding diaryl/α,β-unsaturated/α-hetero) is 1. The zero-order valence-corrected chi connectivity index (χ0v) is 26.8. The Morgan fingerprint density at radius 2 is 1.36 bits per heavy atom. The molecule has 0 aliphatic rings. The maximum Gasteiger partial charge on any atom is 0.330 e. The molecule has 0 fully saturated rings. The second-order valence-electron chi connectivity index (χ2n) is 10.8. The summed E-state index contributed by atoms with van der Waals surface area (Å²) in [5.74, 6) is 0.348. The SMILES string of the molecule is CCC(=O)CCC(=O)OC[C@H](COCn1ccc(=O)[nH]c1=O)COC(c1ccccc1)(c1ccc(OC)cc1)c1ccc(OC)cc1. The van der Waals surface area contributed by atoms with Gasteiger partial charge in [-0.3, -0.25) is 23.9 Å². The summed E-state index contributed by atoms with van der Waals surface area (Å²) in [6.45, 7) is 1.65. The lowest BCUT2D eigenvalue weighted by molar-refractivity contribution is -0.148. The molecule has 47 heavy (non-hydrogen) atoms. The molecule has 0 spiro atoms. The number of carbonyl (C=O) groups is 2. The molecule has 0 radical (unpaired) electrons. The Balaban J connectivity index is 1.67. The van der Waals surface area contributed by atoms with Gasteiger partial charge in [0, 0.05) is 31.0 Å². The molecule has 1 aromatic heterocycles. The number of hydrogen-bond acceptors (Lipinski definition) is 9. The van der Waals surface area contributed by atoms with Crippen LogP contribution in [-0.2, 0) is 36.1 Å². The van der Waals surface area contributed by atoms with Crippen LogP contribution in [0.5, 0.6) is 11.5 Å². The maximum atomic E-state index is 12.6. The molecule has 4 rings (SSSR count). The molecule has 4 aromatic rings. The second-order valence-corrected chi connectivity index (χ2v) is 10.8. The topological polar surface area (TPSA) is 135 Å². The van der Waals surface area contributed by atoms with Crippen LogP contribution >= 0.6 is 0 Å². The lowest BCUT2D eigenvalue weighted by Gasteiger charge is -2.37. The molecule has 11 heteroatoms. The molecule has 11 nitrogen and oxygen atoms in total. The van der Waals surface area contributed by atoms with Gasteiger partial charge in [0.2, 0.25) is 0 Å². The lowest BCUT2D eigenvalue weighted by atomic mass is 9.80. The van der Waals surface area contributed by atoms with Gasteiger partial charge in [-0.2, -0.15) is 0 Å². The van der Waals surface area contributed by atoms with Crippen molar-refractivity contribution in [3.05, 3.63) is 129 Å². The van der Waals surface area contributed by atoms with Gasteiger partial charge >= 0.3 is 11.7 Å². The van der Waals surface area contributed by atoms with Gasteiger partial charge in [-0.15, -0.1) is 0 Å². The monoisotopic (exact) mass is 644 g/mol. The largest absolute Gasteiger partial charge is 0.497 e. The van der Waals surface area contributed by atoms with Gasteiger partial charge in [0.25, 0.3) is 5.56 Å². The number of carbonyl (C=O) groups excluding carboxylic acids is 2. The summed E-state index contributed by atoms with van der Waals surface area (Å²) >= 11 is 0. The zero-order valence-electron chi connectivity index (χ0n) is 26.8. The number of hydrogen-bond donors (Lipinski definition) is 1. The summed E-state index contributed by atoms with van der Waals surface area (Å²) in [6, 6.07) is 26.2. The van der Waals surface area contributed by atoms with E-state index < -0.39 is 28.7 Å². The Hall–Kier alpha value is -5.00. The molecule has 0 amide bonds. The molecule has 1 heterocycles. The van der Waals surface area contributed by atoms with E-state index >= 15 is 0 Å². The van der Waals surface area contributed by atoms with Crippen LogP contribution in [0.1, 0.15) is 42.9 Å². The van der Waals surface area contributed by atoms with Crippen LogP contribution < -0.4 is 20.7 Å². The molecule has 0 aliphatic carbocycles. The second kappa shape index (κ2) is 17.1. The Kier molecular flexibility index (Phi) is 12.7. The summed E-state index contributed by atoms with van der Waals surface area (Å²) < 4.78 is 30.5. The Labute approximate surface area is 273 Å². The highest BCUT2D eigenvalue weighted by molar-refractivity contribution is 5.82. The number of aromatic nitrogens is 2. The first-order valence-electron chi connectivity index (χ1n) is 15.3. The van der Waals surface area contributed by atoms with E-state index in [9.17, 15) is 19.2 Å². The van der Waals surface area contributed by atoms with E-state index in [1.165, 1.54) is 16.8 Å². The van der Waals surface area contributed by atoms with Gasteiger partial charge in [-0.05, 0) is 41.0 Å². The van der Waals surface area contributed by atoms with Gasteiger partial charge in [-0.25, -0.2) is 4.79 Å². The summed E-state index contributed by atoms with van der Waals surface area (Å²) in [6.07, 6.45) is 1.76. The van der Waals surface area contributed by atoms with Crippen molar-refractivity contribution >= 4 is 11.8 Å². The average Bonchev–Trinajstić information content (AvgIpc) is 3.11. The van der Waals surface area contributed by atoms with E-state index in [0.29, 0.717) is 17.9 Å². The van der Waals surface area contributed by atoms with E-state index in [-0.39, 0.29) is 45.2 Å². The quantitative estimate of drug-likeness (QED) is 0.123. The molecule has 1 atom stereocenters. The minimum atomic E-state index is -1.12. The minimum absolute atomic E-state index is 0.0249. The van der Waals surface area contributed by atoms with Crippen molar-refractivity contribution in [2.75, 3.05) is 34.0 Å². The van der Waals surface area contributed by atoms with Crippen molar-refractivity contribution in [2.45, 2.75) is 38.5 Å². The summed E-state index contributed by atoms with van der Waals surface area (Å²) in [7, 11) is 3.20. The number of aromatic amines is 1. The van der Waals surface area contributed by atoms with Crippen LogP contribution in [0, 0.1) is 5.92 Å². The molecule has 3 aromatic carbocycles. The number of rotatable bonds is 18. The van der Waals surface area contributed by atoms with E-state index in [2.05, 4.69) is 4.98 Å². The number of benzene rings is 3. The third-order valence-electron chi connectivity index (χ3n) is 7.67. The Morgan fingerprint density at radius 3 is 1.91 bits per heavy atom. The van der Waals surface area contributed by atoms with Gasteiger partial charge in [0.15, 0.2) is 0 Å². The van der Waals surface area contributed by atoms with Crippen LogP contribution in [0.4, 0.5) is 0 Å². The summed E-state index contributed by atoms with van der Waals surface area (Å²) in [5, 5.41) is 0. The summed E-state index contributed by atoms with van der Waals surface area (Å²) in [4.78, 5) is 50.2. The number of nitrogens with zero attached hydrogens (tertiary/aromatic N) is 1. The van der Waals surface area contributed by atoms with Crippen molar-refractivity contribution in [1.29, 1.82) is 0 Å². The molecular formula is C36H40N2O9. The molecule has 0 saturated heterocycles. The van der Waals surface area contributed by atoms with Gasteiger partial charge in [0.05, 0.1) is 40.5 Å². The lowest BCUT2D eigenvalue weighted by Crippen LogP contribution is -2.37. The third kappa shape index (κ3) is 9.27. The first kappa shape index (κ1) is 34.9. The van der Waals surface area contributed by atoms with Crippen LogP contribution in [-0.4, -0.2) is 55.3 Å². The molecular weight excluding hydrogens is 604 g/mol. The van der Waals surface area contributed by atoms with Gasteiger partial charge in [-0.1, -0.05) is 61.5 Å². The average molecular weight is 645 g/mol. The minimum Gasteiger partial charge on any atom is -0.497 e. The fourth-order valence-electron chi connectivity index (χ4n) is 5.03. The van der Waals surface area contributed by atoms with Crippen LogP contribution in [0.25, 0.3) is 0 Å². The number of ether oxygens (including phenoxy) is 5. The van der Waals surface area contributed by atoms with E-state index in [1.807, 2.05) is 78.9 Å². The maximum absolute atomic E-state index is 12.6. The van der Waals surface area contributed by atoms with Crippen LogP contribution in [0.15, 0.2) is 101 Å². The normalized spacial score (nSPS) is 11.9. The van der Waals surface area contributed by atoms with E-state index in [4.69, 9.17) is 23.7 Å². The van der Waals surface area contributed by atoms with Crippen molar-refractivity contribution < 1.29 is 33.3 Å². The van der Waals surface area contributed by atoms with Crippen molar-refractivity contribution in [1.82, 2.24) is 9.55 Å². The predicted octanol–water partition coefficient (Wildman–Crippen LogP) is 4.46. The number of ketones is 1. The van der Waals surface area contributed by atoms with Crippen LogP contribution in [0.3, 0.4) is 0 Å². The molecule has 248 valence electrons.